The van der Waals surface area contributed by atoms with Crippen LogP contribution in [0.25, 0.3) is 0 Å². The van der Waals surface area contributed by atoms with Gasteiger partial charge in [-0.25, -0.2) is 0 Å². The van der Waals surface area contributed by atoms with Gasteiger partial charge in [0, 0.05) is 19.2 Å². The number of carbonyl (C=O) groups excluding carboxylic acids is 1. The summed E-state index contributed by atoms with van der Waals surface area (Å²) in [4.78, 5) is 18.7. The highest BCUT2D eigenvalue weighted by molar-refractivity contribution is 6.00. The Morgan fingerprint density at radius 2 is 2.12 bits per heavy atom. The minimum absolute atomic E-state index is 0.0631. The summed E-state index contributed by atoms with van der Waals surface area (Å²) in [6.07, 6.45) is 0.112. The standard InChI is InChI=1S/C12H14N2O2/c1-9-8-11(16-13-9)12(15)14(2)10-6-4-3-5-7-10/h3-7,11H,8H2,1-2H3/t11-/m0/s1. The lowest BCUT2D eigenvalue weighted by Gasteiger charge is -2.19. The summed E-state index contributed by atoms with van der Waals surface area (Å²) in [5.74, 6) is -0.0631. The number of rotatable bonds is 2. The van der Waals surface area contributed by atoms with Crippen molar-refractivity contribution in [3.63, 3.8) is 0 Å². The zero-order valence-corrected chi connectivity index (χ0v) is 9.38. The van der Waals surface area contributed by atoms with Crippen LogP contribution < -0.4 is 4.90 Å². The van der Waals surface area contributed by atoms with Crippen LogP contribution in [0.2, 0.25) is 0 Å². The molecule has 16 heavy (non-hydrogen) atoms. The van der Waals surface area contributed by atoms with Crippen molar-refractivity contribution in [1.29, 1.82) is 0 Å². The molecular weight excluding hydrogens is 204 g/mol. The van der Waals surface area contributed by atoms with E-state index in [2.05, 4.69) is 5.16 Å². The summed E-state index contributed by atoms with van der Waals surface area (Å²) >= 11 is 0. The minimum atomic E-state index is -0.467. The number of amides is 1. The van der Waals surface area contributed by atoms with Gasteiger partial charge in [-0.1, -0.05) is 23.4 Å². The molecule has 0 spiro atoms. The van der Waals surface area contributed by atoms with Crippen LogP contribution in [0.1, 0.15) is 13.3 Å². The van der Waals surface area contributed by atoms with Gasteiger partial charge in [-0.2, -0.15) is 0 Å². The van der Waals surface area contributed by atoms with Gasteiger partial charge in [-0.05, 0) is 19.1 Å². The third kappa shape index (κ3) is 2.05. The predicted octanol–water partition coefficient (Wildman–Crippen LogP) is 1.81. The fourth-order valence-electron chi connectivity index (χ4n) is 1.62. The Morgan fingerprint density at radius 3 is 2.69 bits per heavy atom. The van der Waals surface area contributed by atoms with Crippen molar-refractivity contribution in [3.8, 4) is 0 Å². The highest BCUT2D eigenvalue weighted by Crippen LogP contribution is 2.17. The van der Waals surface area contributed by atoms with E-state index < -0.39 is 6.10 Å². The first-order valence-electron chi connectivity index (χ1n) is 5.20. The van der Waals surface area contributed by atoms with E-state index in [0.29, 0.717) is 6.42 Å². The lowest BCUT2D eigenvalue weighted by Crippen LogP contribution is -2.36. The smallest absolute Gasteiger partial charge is 0.271 e. The van der Waals surface area contributed by atoms with Crippen LogP contribution in [0.5, 0.6) is 0 Å². The molecule has 0 aromatic heterocycles. The van der Waals surface area contributed by atoms with E-state index in [4.69, 9.17) is 4.84 Å². The van der Waals surface area contributed by atoms with Crippen molar-refractivity contribution in [2.75, 3.05) is 11.9 Å². The van der Waals surface area contributed by atoms with Crippen molar-refractivity contribution < 1.29 is 9.63 Å². The Labute approximate surface area is 94.5 Å². The molecule has 0 radical (unpaired) electrons. The molecule has 0 unspecified atom stereocenters. The molecule has 0 fully saturated rings. The topological polar surface area (TPSA) is 41.9 Å². The quantitative estimate of drug-likeness (QED) is 0.759. The molecule has 0 aliphatic carbocycles. The lowest BCUT2D eigenvalue weighted by molar-refractivity contribution is -0.128. The van der Waals surface area contributed by atoms with Gasteiger partial charge in [0.2, 0.25) is 6.10 Å². The highest BCUT2D eigenvalue weighted by atomic mass is 16.6. The summed E-state index contributed by atoms with van der Waals surface area (Å²) in [5.41, 5.74) is 1.72. The maximum Gasteiger partial charge on any atom is 0.271 e. The molecule has 1 amide bonds. The molecule has 1 aliphatic heterocycles. The second-order valence-electron chi connectivity index (χ2n) is 3.86. The minimum Gasteiger partial charge on any atom is -0.382 e. The molecule has 0 bridgehead atoms. The van der Waals surface area contributed by atoms with Gasteiger partial charge in [0.15, 0.2) is 0 Å². The second-order valence-corrected chi connectivity index (χ2v) is 3.86. The molecule has 1 aromatic rings. The van der Waals surface area contributed by atoms with E-state index in [1.165, 1.54) is 0 Å². The molecular formula is C12H14N2O2. The second kappa shape index (κ2) is 4.35. The number of oxime groups is 1. The Hall–Kier alpha value is -1.84. The molecule has 1 aromatic carbocycles. The first-order valence-corrected chi connectivity index (χ1v) is 5.20. The highest BCUT2D eigenvalue weighted by Gasteiger charge is 2.29. The van der Waals surface area contributed by atoms with Crippen molar-refractivity contribution in [1.82, 2.24) is 0 Å². The van der Waals surface area contributed by atoms with Crippen LogP contribution in [0, 0.1) is 0 Å². The first kappa shape index (κ1) is 10.7. The van der Waals surface area contributed by atoms with E-state index >= 15 is 0 Å². The molecule has 1 heterocycles. The Morgan fingerprint density at radius 1 is 1.44 bits per heavy atom. The molecule has 84 valence electrons. The lowest BCUT2D eigenvalue weighted by atomic mass is 10.1. The normalized spacial score (nSPS) is 18.9. The van der Waals surface area contributed by atoms with E-state index in [1.807, 2.05) is 37.3 Å². The van der Waals surface area contributed by atoms with Gasteiger partial charge < -0.3 is 9.74 Å². The Kier molecular flexibility index (Phi) is 2.90. The number of benzene rings is 1. The van der Waals surface area contributed by atoms with Gasteiger partial charge in [-0.3, -0.25) is 4.79 Å². The number of likely N-dealkylation sites (N-methyl/N-ethyl adjacent to an activating group) is 1. The number of nitrogens with zero attached hydrogens (tertiary/aromatic N) is 2. The average molecular weight is 218 g/mol. The Balaban J connectivity index is 2.06. The van der Waals surface area contributed by atoms with Gasteiger partial charge >= 0.3 is 0 Å². The van der Waals surface area contributed by atoms with Gasteiger partial charge in [-0.15, -0.1) is 0 Å². The zero-order chi connectivity index (χ0) is 11.5. The maximum absolute atomic E-state index is 12.0. The molecule has 0 saturated carbocycles. The summed E-state index contributed by atoms with van der Waals surface area (Å²) in [6, 6.07) is 9.50. The van der Waals surface area contributed by atoms with Gasteiger partial charge in [0.1, 0.15) is 0 Å². The maximum atomic E-state index is 12.0. The number of hydrogen-bond acceptors (Lipinski definition) is 3. The van der Waals surface area contributed by atoms with Crippen LogP contribution >= 0.6 is 0 Å². The summed E-state index contributed by atoms with van der Waals surface area (Å²) < 4.78 is 0. The van der Waals surface area contributed by atoms with Crippen LogP contribution in [0.15, 0.2) is 35.5 Å². The van der Waals surface area contributed by atoms with E-state index in [9.17, 15) is 4.79 Å². The fraction of sp³-hybridized carbons (Fsp3) is 0.333. The number of hydrogen-bond donors (Lipinski definition) is 0. The summed E-state index contributed by atoms with van der Waals surface area (Å²) in [7, 11) is 1.74. The molecule has 4 heteroatoms. The van der Waals surface area contributed by atoms with E-state index in [0.717, 1.165) is 11.4 Å². The van der Waals surface area contributed by atoms with E-state index in [1.54, 1.807) is 11.9 Å². The third-order valence-corrected chi connectivity index (χ3v) is 2.57. The summed E-state index contributed by atoms with van der Waals surface area (Å²) in [6.45, 7) is 1.86. The van der Waals surface area contributed by atoms with Crippen molar-refractivity contribution in [2.45, 2.75) is 19.4 Å². The monoisotopic (exact) mass is 218 g/mol. The van der Waals surface area contributed by atoms with Crippen LogP contribution in [-0.2, 0) is 9.63 Å². The number of carbonyl (C=O) groups is 1. The molecule has 4 nitrogen and oxygen atoms in total. The predicted molar refractivity (Wildman–Crippen MR) is 62.5 cm³/mol. The van der Waals surface area contributed by atoms with Crippen molar-refractivity contribution >= 4 is 17.3 Å². The number of para-hydroxylation sites is 1. The molecule has 2 rings (SSSR count). The summed E-state index contributed by atoms with van der Waals surface area (Å²) in [5, 5.41) is 3.78. The average Bonchev–Trinajstić information content (AvgIpc) is 2.75. The van der Waals surface area contributed by atoms with Gasteiger partial charge in [0.05, 0.1) is 5.71 Å². The zero-order valence-electron chi connectivity index (χ0n) is 9.38. The van der Waals surface area contributed by atoms with Crippen molar-refractivity contribution in [2.24, 2.45) is 5.16 Å². The third-order valence-electron chi connectivity index (χ3n) is 2.57. The van der Waals surface area contributed by atoms with E-state index in [-0.39, 0.29) is 5.91 Å². The van der Waals surface area contributed by atoms with Gasteiger partial charge in [0.25, 0.3) is 5.91 Å². The Bertz CT molecular complexity index is 414. The SMILES string of the molecule is CC1=NO[C@H](C(=O)N(C)c2ccccc2)C1. The molecule has 1 aliphatic rings. The molecule has 0 saturated heterocycles. The van der Waals surface area contributed by atoms with Crippen LogP contribution in [0.3, 0.4) is 0 Å². The number of anilines is 1. The first-order chi connectivity index (χ1) is 7.68. The van der Waals surface area contributed by atoms with Crippen LogP contribution in [-0.4, -0.2) is 24.8 Å². The van der Waals surface area contributed by atoms with Crippen molar-refractivity contribution in [3.05, 3.63) is 30.3 Å². The molecule has 1 atom stereocenters. The molecule has 0 N–H and O–H groups in total. The largest absolute Gasteiger partial charge is 0.382 e. The fourth-order valence-corrected chi connectivity index (χ4v) is 1.62. The van der Waals surface area contributed by atoms with Crippen LogP contribution in [0.4, 0.5) is 5.69 Å².